The Balaban J connectivity index is 1.92. The van der Waals surface area contributed by atoms with E-state index in [1.54, 1.807) is 0 Å². The van der Waals surface area contributed by atoms with Crippen LogP contribution >= 0.6 is 11.3 Å². The Morgan fingerprint density at radius 3 is 2.88 bits per heavy atom. The van der Waals surface area contributed by atoms with Gasteiger partial charge in [-0.2, -0.15) is 0 Å². The molecule has 17 heavy (non-hydrogen) atoms. The Morgan fingerprint density at radius 1 is 1.59 bits per heavy atom. The highest BCUT2D eigenvalue weighted by Crippen LogP contribution is 2.26. The number of hydrogen-bond acceptors (Lipinski definition) is 4. The third kappa shape index (κ3) is 2.86. The zero-order valence-corrected chi connectivity index (χ0v) is 10.5. The van der Waals surface area contributed by atoms with Crippen molar-refractivity contribution < 1.29 is 15.0 Å². The van der Waals surface area contributed by atoms with Gasteiger partial charge in [-0.1, -0.05) is 0 Å². The Morgan fingerprint density at radius 2 is 2.35 bits per heavy atom. The summed E-state index contributed by atoms with van der Waals surface area (Å²) in [6.07, 6.45) is 0.671. The fourth-order valence-electron chi connectivity index (χ4n) is 2.22. The van der Waals surface area contributed by atoms with Crippen LogP contribution in [0.25, 0.3) is 0 Å². The molecule has 3 N–H and O–H groups in total. The molecule has 1 saturated carbocycles. The second-order valence-electron chi connectivity index (χ2n) is 4.64. The smallest absolute Gasteiger partial charge is 0.261 e. The van der Waals surface area contributed by atoms with Crippen LogP contribution in [0.4, 0.5) is 0 Å². The molecule has 3 atom stereocenters. The van der Waals surface area contributed by atoms with Crippen LogP contribution in [0.3, 0.4) is 0 Å². The van der Waals surface area contributed by atoms with E-state index in [4.69, 9.17) is 5.11 Å². The molecule has 0 spiro atoms. The average Bonchev–Trinajstić information content (AvgIpc) is 2.85. The van der Waals surface area contributed by atoms with E-state index in [1.165, 1.54) is 11.3 Å². The number of rotatable bonds is 3. The lowest BCUT2D eigenvalue weighted by atomic mass is 10.1. The van der Waals surface area contributed by atoms with Crippen LogP contribution < -0.4 is 5.32 Å². The van der Waals surface area contributed by atoms with Gasteiger partial charge in [0.05, 0.1) is 11.0 Å². The van der Waals surface area contributed by atoms with Gasteiger partial charge in [0.25, 0.3) is 5.91 Å². The lowest BCUT2D eigenvalue weighted by Gasteiger charge is -2.11. The Hall–Kier alpha value is -0.910. The number of hydrogen-bond donors (Lipinski definition) is 3. The highest BCUT2D eigenvalue weighted by molar-refractivity contribution is 7.12. The van der Waals surface area contributed by atoms with Gasteiger partial charge in [-0.05, 0) is 36.8 Å². The first-order chi connectivity index (χ1) is 8.10. The predicted molar refractivity (Wildman–Crippen MR) is 66.1 cm³/mol. The molecule has 1 aromatic heterocycles. The van der Waals surface area contributed by atoms with Crippen molar-refractivity contribution in [3.05, 3.63) is 21.9 Å². The van der Waals surface area contributed by atoms with Gasteiger partial charge in [0, 0.05) is 18.6 Å². The third-order valence-corrected chi connectivity index (χ3v) is 4.23. The summed E-state index contributed by atoms with van der Waals surface area (Å²) in [6.45, 7) is 1.93. The number of carbonyl (C=O) groups is 1. The van der Waals surface area contributed by atoms with Gasteiger partial charge < -0.3 is 15.5 Å². The van der Waals surface area contributed by atoms with Crippen LogP contribution in [0.1, 0.15) is 28.1 Å². The average molecular weight is 255 g/mol. The SMILES string of the molecule is Cc1csc(C(=O)N[C@H]2C[C@H](CO)[C@H](O)C2)c1. The van der Waals surface area contributed by atoms with Gasteiger partial charge in [0.15, 0.2) is 0 Å². The summed E-state index contributed by atoms with van der Waals surface area (Å²) in [4.78, 5) is 12.6. The monoisotopic (exact) mass is 255 g/mol. The summed E-state index contributed by atoms with van der Waals surface area (Å²) in [7, 11) is 0. The van der Waals surface area contributed by atoms with Crippen molar-refractivity contribution in [2.45, 2.75) is 31.9 Å². The number of aliphatic hydroxyl groups is 2. The molecule has 1 aromatic rings. The summed E-state index contributed by atoms with van der Waals surface area (Å²) < 4.78 is 0. The maximum Gasteiger partial charge on any atom is 0.261 e. The predicted octanol–water partition coefficient (Wildman–Crippen LogP) is 0.918. The first-order valence-electron chi connectivity index (χ1n) is 5.75. The molecule has 1 amide bonds. The molecule has 0 aliphatic heterocycles. The van der Waals surface area contributed by atoms with Crippen LogP contribution in [-0.2, 0) is 0 Å². The van der Waals surface area contributed by atoms with Crippen molar-refractivity contribution in [3.63, 3.8) is 0 Å². The molecule has 1 fully saturated rings. The first kappa shape index (κ1) is 12.5. The van der Waals surface area contributed by atoms with Gasteiger partial charge in [0.1, 0.15) is 0 Å². The normalized spacial score (nSPS) is 28.3. The largest absolute Gasteiger partial charge is 0.396 e. The Bertz CT molecular complexity index is 404. The van der Waals surface area contributed by atoms with E-state index in [2.05, 4.69) is 5.32 Å². The fourth-order valence-corrected chi connectivity index (χ4v) is 3.02. The number of carbonyl (C=O) groups excluding carboxylic acids is 1. The minimum atomic E-state index is -0.504. The second-order valence-corrected chi connectivity index (χ2v) is 5.55. The molecule has 2 rings (SSSR count). The van der Waals surface area contributed by atoms with Gasteiger partial charge in [-0.15, -0.1) is 11.3 Å². The standard InChI is InChI=1S/C12H17NO3S/c1-7-2-11(17-6-7)12(16)13-9-3-8(5-14)10(15)4-9/h2,6,8-10,14-15H,3-5H2,1H3,(H,13,16)/t8-,9+,10-/m1/s1. The first-order valence-corrected chi connectivity index (χ1v) is 6.63. The van der Waals surface area contributed by atoms with Crippen LogP contribution in [-0.4, -0.2) is 34.9 Å². The van der Waals surface area contributed by atoms with E-state index in [9.17, 15) is 9.90 Å². The molecule has 1 aliphatic carbocycles. The lowest BCUT2D eigenvalue weighted by Crippen LogP contribution is -2.32. The molecule has 0 aromatic carbocycles. The zero-order valence-electron chi connectivity index (χ0n) is 9.72. The maximum absolute atomic E-state index is 11.9. The maximum atomic E-state index is 11.9. The van der Waals surface area contributed by atoms with Crippen LogP contribution in [0.5, 0.6) is 0 Å². The van der Waals surface area contributed by atoms with Crippen LogP contribution in [0.15, 0.2) is 11.4 Å². The molecular weight excluding hydrogens is 238 g/mol. The molecule has 0 radical (unpaired) electrons. The van der Waals surface area contributed by atoms with Crippen LogP contribution in [0, 0.1) is 12.8 Å². The summed E-state index contributed by atoms with van der Waals surface area (Å²) in [5.74, 6) is -0.190. The van der Waals surface area contributed by atoms with Crippen molar-refractivity contribution in [1.82, 2.24) is 5.32 Å². The highest BCUT2D eigenvalue weighted by Gasteiger charge is 2.33. The van der Waals surface area contributed by atoms with E-state index in [0.29, 0.717) is 17.7 Å². The summed E-state index contributed by atoms with van der Waals surface area (Å²) >= 11 is 1.42. The lowest BCUT2D eigenvalue weighted by molar-refractivity contribution is 0.0904. The molecule has 4 nitrogen and oxygen atoms in total. The number of nitrogens with one attached hydrogen (secondary N) is 1. The molecular formula is C12H17NO3S. The zero-order chi connectivity index (χ0) is 12.4. The Kier molecular flexibility index (Phi) is 3.81. The molecule has 0 bridgehead atoms. The number of amides is 1. The van der Waals surface area contributed by atoms with Gasteiger partial charge in [-0.25, -0.2) is 0 Å². The number of thiophene rings is 1. The quantitative estimate of drug-likeness (QED) is 0.752. The minimum Gasteiger partial charge on any atom is -0.396 e. The molecule has 0 unspecified atom stereocenters. The van der Waals surface area contributed by atoms with Crippen LogP contribution in [0.2, 0.25) is 0 Å². The van der Waals surface area contributed by atoms with Gasteiger partial charge >= 0.3 is 0 Å². The van der Waals surface area contributed by atoms with Crippen molar-refractivity contribution in [2.24, 2.45) is 5.92 Å². The number of aryl methyl sites for hydroxylation is 1. The molecule has 1 heterocycles. The van der Waals surface area contributed by atoms with E-state index in [1.807, 2.05) is 18.4 Å². The summed E-state index contributed by atoms with van der Waals surface area (Å²) in [5.41, 5.74) is 1.08. The molecule has 94 valence electrons. The van der Waals surface area contributed by atoms with E-state index in [-0.39, 0.29) is 24.5 Å². The van der Waals surface area contributed by atoms with Crippen molar-refractivity contribution >= 4 is 17.2 Å². The molecule has 1 aliphatic rings. The Labute approximate surface area is 104 Å². The molecule has 5 heteroatoms. The van der Waals surface area contributed by atoms with Gasteiger partial charge in [-0.3, -0.25) is 4.79 Å². The van der Waals surface area contributed by atoms with E-state index >= 15 is 0 Å². The van der Waals surface area contributed by atoms with E-state index < -0.39 is 6.10 Å². The molecule has 0 saturated heterocycles. The summed E-state index contributed by atoms with van der Waals surface area (Å²) in [6, 6.07) is 1.83. The third-order valence-electron chi connectivity index (χ3n) is 3.18. The van der Waals surface area contributed by atoms with E-state index in [0.717, 1.165) is 5.56 Å². The second kappa shape index (κ2) is 5.16. The van der Waals surface area contributed by atoms with Gasteiger partial charge in [0.2, 0.25) is 0 Å². The number of aliphatic hydroxyl groups excluding tert-OH is 2. The fraction of sp³-hybridized carbons (Fsp3) is 0.583. The van der Waals surface area contributed by atoms with Crippen molar-refractivity contribution in [2.75, 3.05) is 6.61 Å². The highest BCUT2D eigenvalue weighted by atomic mass is 32.1. The minimum absolute atomic E-state index is 0.0222. The van der Waals surface area contributed by atoms with Crippen molar-refractivity contribution in [1.29, 1.82) is 0 Å². The topological polar surface area (TPSA) is 69.6 Å². The van der Waals surface area contributed by atoms with Crippen molar-refractivity contribution in [3.8, 4) is 0 Å². The summed E-state index contributed by atoms with van der Waals surface area (Å²) in [5, 5.41) is 23.5.